The first-order chi connectivity index (χ1) is 14.4. The summed E-state index contributed by atoms with van der Waals surface area (Å²) in [6, 6.07) is 8.24. The first-order valence-electron chi connectivity index (χ1n) is 11.2. The molecular weight excluding hydrogens is 376 g/mol. The predicted octanol–water partition coefficient (Wildman–Crippen LogP) is 3.09. The average molecular weight is 413 g/mol. The fraction of sp³-hybridized carbons (Fsp3) is 0.583. The maximum Gasteiger partial charge on any atom is 0.237 e. The van der Waals surface area contributed by atoms with Crippen LogP contribution in [-0.2, 0) is 16.0 Å². The minimum Gasteiger partial charge on any atom is -0.361 e. The highest BCUT2D eigenvalue weighted by molar-refractivity contribution is 5.84. The quantitative estimate of drug-likeness (QED) is 0.624. The van der Waals surface area contributed by atoms with Crippen molar-refractivity contribution in [3.8, 4) is 0 Å². The Kier molecular flexibility index (Phi) is 7.53. The van der Waals surface area contributed by atoms with Crippen molar-refractivity contribution < 1.29 is 9.59 Å². The number of piperidine rings is 1. The van der Waals surface area contributed by atoms with Gasteiger partial charge in [0.05, 0.1) is 6.04 Å². The van der Waals surface area contributed by atoms with Gasteiger partial charge in [0.15, 0.2) is 0 Å². The van der Waals surface area contributed by atoms with E-state index in [0.29, 0.717) is 12.5 Å². The van der Waals surface area contributed by atoms with Gasteiger partial charge < -0.3 is 15.6 Å². The number of likely N-dealkylation sites (tertiary alicyclic amines) is 1. The molecule has 3 N–H and O–H groups in total. The summed E-state index contributed by atoms with van der Waals surface area (Å²) in [7, 11) is 0. The second-order valence-electron chi connectivity index (χ2n) is 8.93. The number of rotatable bonds is 8. The lowest BCUT2D eigenvalue weighted by Crippen LogP contribution is -2.50. The molecule has 2 heterocycles. The van der Waals surface area contributed by atoms with Gasteiger partial charge in [-0.1, -0.05) is 32.0 Å². The maximum absolute atomic E-state index is 12.6. The van der Waals surface area contributed by atoms with Crippen molar-refractivity contribution in [2.24, 2.45) is 11.8 Å². The molecule has 0 radical (unpaired) electrons. The van der Waals surface area contributed by atoms with Crippen molar-refractivity contribution in [2.45, 2.75) is 59.0 Å². The van der Waals surface area contributed by atoms with Crippen LogP contribution in [0.5, 0.6) is 0 Å². The van der Waals surface area contributed by atoms with Gasteiger partial charge in [-0.15, -0.1) is 0 Å². The number of aromatic nitrogens is 1. The monoisotopic (exact) mass is 412 g/mol. The van der Waals surface area contributed by atoms with Crippen molar-refractivity contribution in [3.05, 3.63) is 36.0 Å². The Hall–Kier alpha value is -2.34. The van der Waals surface area contributed by atoms with Crippen LogP contribution >= 0.6 is 0 Å². The van der Waals surface area contributed by atoms with Gasteiger partial charge in [-0.05, 0) is 63.7 Å². The Bertz CT molecular complexity index is 852. The number of nitrogens with one attached hydrogen (secondary N) is 3. The van der Waals surface area contributed by atoms with E-state index in [9.17, 15) is 9.59 Å². The van der Waals surface area contributed by atoms with Gasteiger partial charge in [0, 0.05) is 35.6 Å². The number of benzene rings is 1. The molecule has 1 fully saturated rings. The average Bonchev–Trinajstić information content (AvgIpc) is 3.16. The molecular formula is C24H36N4O2. The molecule has 0 spiro atoms. The molecule has 3 rings (SSSR count). The third-order valence-electron chi connectivity index (χ3n) is 6.57. The van der Waals surface area contributed by atoms with Gasteiger partial charge in [0.25, 0.3) is 0 Å². The third-order valence-corrected chi connectivity index (χ3v) is 6.57. The number of carbonyl (C=O) groups excluding carboxylic acids is 2. The van der Waals surface area contributed by atoms with Crippen molar-refractivity contribution in [3.63, 3.8) is 0 Å². The van der Waals surface area contributed by atoms with Gasteiger partial charge >= 0.3 is 0 Å². The van der Waals surface area contributed by atoms with E-state index in [1.165, 1.54) is 10.9 Å². The van der Waals surface area contributed by atoms with Crippen LogP contribution in [0.1, 0.15) is 46.1 Å². The van der Waals surface area contributed by atoms with Crippen LogP contribution < -0.4 is 10.6 Å². The SMILES string of the molecule is CC(C)C(C)NC(=O)C1CCN(C(C)C(=O)NCCc2c[nH]c3ccccc23)CC1. The second-order valence-corrected chi connectivity index (χ2v) is 8.93. The highest BCUT2D eigenvalue weighted by Crippen LogP contribution is 2.20. The van der Waals surface area contributed by atoms with E-state index in [1.54, 1.807) is 0 Å². The Morgan fingerprint density at radius 1 is 1.13 bits per heavy atom. The van der Waals surface area contributed by atoms with Crippen LogP contribution in [-0.4, -0.2) is 53.4 Å². The topological polar surface area (TPSA) is 77.2 Å². The number of hydrogen-bond donors (Lipinski definition) is 3. The van der Waals surface area contributed by atoms with Gasteiger partial charge in [0.1, 0.15) is 0 Å². The van der Waals surface area contributed by atoms with Crippen LogP contribution in [0.3, 0.4) is 0 Å². The van der Waals surface area contributed by atoms with Gasteiger partial charge in [-0.25, -0.2) is 0 Å². The van der Waals surface area contributed by atoms with Crippen LogP contribution in [0.4, 0.5) is 0 Å². The van der Waals surface area contributed by atoms with Crippen molar-refractivity contribution in [1.29, 1.82) is 0 Å². The van der Waals surface area contributed by atoms with E-state index < -0.39 is 0 Å². The summed E-state index contributed by atoms with van der Waals surface area (Å²) < 4.78 is 0. The lowest BCUT2D eigenvalue weighted by molar-refractivity contribution is -0.129. The number of nitrogens with zero attached hydrogens (tertiary/aromatic N) is 1. The number of fused-ring (bicyclic) bond motifs is 1. The minimum absolute atomic E-state index is 0.0552. The highest BCUT2D eigenvalue weighted by Gasteiger charge is 2.30. The molecule has 0 aliphatic carbocycles. The van der Waals surface area contributed by atoms with Gasteiger partial charge in [-0.3, -0.25) is 14.5 Å². The molecule has 6 heteroatoms. The second kappa shape index (κ2) is 10.1. The van der Waals surface area contributed by atoms with E-state index in [-0.39, 0.29) is 29.8 Å². The normalized spacial score (nSPS) is 17.8. The van der Waals surface area contributed by atoms with Crippen LogP contribution in [0, 0.1) is 11.8 Å². The van der Waals surface area contributed by atoms with E-state index >= 15 is 0 Å². The van der Waals surface area contributed by atoms with Gasteiger partial charge in [-0.2, -0.15) is 0 Å². The van der Waals surface area contributed by atoms with Crippen LogP contribution in [0.25, 0.3) is 10.9 Å². The molecule has 164 valence electrons. The highest BCUT2D eigenvalue weighted by atomic mass is 16.2. The number of aromatic amines is 1. The summed E-state index contributed by atoms with van der Waals surface area (Å²) in [5.74, 6) is 0.708. The Morgan fingerprint density at radius 2 is 1.83 bits per heavy atom. The molecule has 1 aromatic heterocycles. The molecule has 1 saturated heterocycles. The lowest BCUT2D eigenvalue weighted by Gasteiger charge is -2.35. The molecule has 0 saturated carbocycles. The fourth-order valence-corrected chi connectivity index (χ4v) is 4.03. The summed E-state index contributed by atoms with van der Waals surface area (Å²) in [5.41, 5.74) is 2.35. The zero-order valence-corrected chi connectivity index (χ0v) is 18.7. The molecule has 1 aliphatic rings. The van der Waals surface area contributed by atoms with Crippen LogP contribution in [0.2, 0.25) is 0 Å². The lowest BCUT2D eigenvalue weighted by atomic mass is 9.94. The van der Waals surface area contributed by atoms with E-state index in [1.807, 2.05) is 25.3 Å². The Balaban J connectivity index is 1.41. The summed E-state index contributed by atoms with van der Waals surface area (Å²) in [5, 5.41) is 7.43. The number of hydrogen-bond acceptors (Lipinski definition) is 3. The van der Waals surface area contributed by atoms with Crippen molar-refractivity contribution in [2.75, 3.05) is 19.6 Å². The van der Waals surface area contributed by atoms with Gasteiger partial charge in [0.2, 0.25) is 11.8 Å². The number of para-hydroxylation sites is 1. The maximum atomic E-state index is 12.6. The smallest absolute Gasteiger partial charge is 0.237 e. The van der Waals surface area contributed by atoms with Crippen molar-refractivity contribution >= 4 is 22.7 Å². The largest absolute Gasteiger partial charge is 0.361 e. The molecule has 0 bridgehead atoms. The minimum atomic E-state index is -0.174. The summed E-state index contributed by atoms with van der Waals surface area (Å²) in [6.07, 6.45) is 4.45. The Labute approximate surface area is 179 Å². The molecule has 30 heavy (non-hydrogen) atoms. The molecule has 1 aromatic carbocycles. The van der Waals surface area contributed by atoms with E-state index in [4.69, 9.17) is 0 Å². The number of carbonyl (C=O) groups is 2. The summed E-state index contributed by atoms with van der Waals surface area (Å²) in [4.78, 5) is 30.6. The van der Waals surface area contributed by atoms with Crippen molar-refractivity contribution in [1.82, 2.24) is 20.5 Å². The molecule has 2 aromatic rings. The number of H-pyrrole nitrogens is 1. The summed E-state index contributed by atoms with van der Waals surface area (Å²) >= 11 is 0. The fourth-order valence-electron chi connectivity index (χ4n) is 4.03. The first kappa shape index (κ1) is 22.3. The predicted molar refractivity (Wildman–Crippen MR) is 121 cm³/mol. The standard InChI is InChI=1S/C24H36N4O2/c1-16(2)17(3)27-24(30)19-10-13-28(14-11-19)18(4)23(29)25-12-9-20-15-26-22-8-6-5-7-21(20)22/h5-8,15-19,26H,9-14H2,1-4H3,(H,25,29)(H,27,30). The number of amides is 2. The molecule has 2 amide bonds. The zero-order valence-electron chi connectivity index (χ0n) is 18.7. The van der Waals surface area contributed by atoms with E-state index in [0.717, 1.165) is 37.9 Å². The molecule has 2 atom stereocenters. The first-order valence-corrected chi connectivity index (χ1v) is 11.2. The molecule has 1 aliphatic heterocycles. The molecule has 6 nitrogen and oxygen atoms in total. The Morgan fingerprint density at radius 3 is 2.53 bits per heavy atom. The van der Waals surface area contributed by atoms with Crippen LogP contribution in [0.15, 0.2) is 30.5 Å². The molecule has 2 unspecified atom stereocenters. The zero-order chi connectivity index (χ0) is 21.7. The van der Waals surface area contributed by atoms with E-state index in [2.05, 4.69) is 53.4 Å². The third kappa shape index (κ3) is 5.42. The summed E-state index contributed by atoms with van der Waals surface area (Å²) in [6.45, 7) is 10.4.